The number of nitrogens with one attached hydrogen (secondary N) is 1. The van der Waals surface area contributed by atoms with Crippen LogP contribution in [0.15, 0.2) is 48.9 Å². The number of aromatic nitrogens is 5. The van der Waals surface area contributed by atoms with Gasteiger partial charge in [-0.05, 0) is 36.8 Å². The summed E-state index contributed by atoms with van der Waals surface area (Å²) >= 11 is 0. The Morgan fingerprint density at radius 1 is 1.14 bits per heavy atom. The molecule has 0 unspecified atom stereocenters. The fourth-order valence-electron chi connectivity index (χ4n) is 1.76. The first-order valence-corrected chi connectivity index (χ1v) is 6.31. The quantitative estimate of drug-likeness (QED) is 0.788. The van der Waals surface area contributed by atoms with Gasteiger partial charge in [0.15, 0.2) is 11.5 Å². The smallest absolute Gasteiger partial charge is 0.277 e. The maximum atomic E-state index is 12.1. The molecule has 0 aliphatic carbocycles. The first kappa shape index (κ1) is 12.9. The molecule has 0 atom stereocenters. The highest BCUT2D eigenvalue weighted by atomic mass is 16.2. The van der Waals surface area contributed by atoms with E-state index >= 15 is 0 Å². The standard InChI is InChI=1S/C14H12N6O/c1-10-4-2-7-15-13(10)17-14(21)11-5-6-12(19-18-11)20-9-3-8-16-20/h2-9H,1H3,(H,15,17,21). The summed E-state index contributed by atoms with van der Waals surface area (Å²) in [7, 11) is 0. The lowest BCUT2D eigenvalue weighted by Gasteiger charge is -2.06. The predicted molar refractivity (Wildman–Crippen MR) is 76.1 cm³/mol. The molecule has 0 saturated carbocycles. The molecule has 104 valence electrons. The van der Waals surface area contributed by atoms with Crippen molar-refractivity contribution in [2.75, 3.05) is 5.32 Å². The van der Waals surface area contributed by atoms with Crippen LogP contribution in [-0.4, -0.2) is 30.9 Å². The summed E-state index contributed by atoms with van der Waals surface area (Å²) in [5, 5.41) is 14.6. The minimum Gasteiger partial charge on any atom is -0.305 e. The number of carbonyl (C=O) groups is 1. The number of nitrogens with zero attached hydrogens (tertiary/aromatic N) is 5. The van der Waals surface area contributed by atoms with Gasteiger partial charge in [0.05, 0.1) is 0 Å². The summed E-state index contributed by atoms with van der Waals surface area (Å²) in [6, 6.07) is 8.74. The normalized spacial score (nSPS) is 10.3. The molecule has 0 aromatic carbocycles. The van der Waals surface area contributed by atoms with Crippen molar-refractivity contribution in [1.82, 2.24) is 25.0 Å². The minimum atomic E-state index is -0.351. The number of pyridine rings is 1. The molecule has 1 amide bonds. The highest BCUT2D eigenvalue weighted by molar-refractivity contribution is 6.02. The number of carbonyl (C=O) groups excluding carboxylic acids is 1. The number of anilines is 1. The van der Waals surface area contributed by atoms with Crippen molar-refractivity contribution in [2.24, 2.45) is 0 Å². The van der Waals surface area contributed by atoms with Crippen LogP contribution in [0.4, 0.5) is 5.82 Å². The van der Waals surface area contributed by atoms with Gasteiger partial charge in [0.2, 0.25) is 0 Å². The lowest BCUT2D eigenvalue weighted by molar-refractivity contribution is 0.102. The fourth-order valence-corrected chi connectivity index (χ4v) is 1.76. The van der Waals surface area contributed by atoms with Gasteiger partial charge in [-0.1, -0.05) is 6.07 Å². The molecule has 0 spiro atoms. The molecule has 3 aromatic rings. The van der Waals surface area contributed by atoms with Crippen molar-refractivity contribution in [3.63, 3.8) is 0 Å². The highest BCUT2D eigenvalue weighted by Crippen LogP contribution is 2.10. The van der Waals surface area contributed by atoms with E-state index in [2.05, 4.69) is 25.6 Å². The van der Waals surface area contributed by atoms with Crippen LogP contribution in [-0.2, 0) is 0 Å². The number of aryl methyl sites for hydroxylation is 1. The third-order valence-electron chi connectivity index (χ3n) is 2.86. The summed E-state index contributed by atoms with van der Waals surface area (Å²) in [5.41, 5.74) is 1.10. The van der Waals surface area contributed by atoms with Crippen molar-refractivity contribution in [3.8, 4) is 5.82 Å². The van der Waals surface area contributed by atoms with E-state index in [1.165, 1.54) is 0 Å². The maximum absolute atomic E-state index is 12.1. The zero-order valence-electron chi connectivity index (χ0n) is 11.3. The Morgan fingerprint density at radius 2 is 2.05 bits per heavy atom. The molecule has 3 rings (SSSR count). The second-order valence-corrected chi connectivity index (χ2v) is 4.35. The van der Waals surface area contributed by atoms with E-state index in [4.69, 9.17) is 0 Å². The van der Waals surface area contributed by atoms with Gasteiger partial charge in [0.25, 0.3) is 5.91 Å². The van der Waals surface area contributed by atoms with Crippen molar-refractivity contribution in [2.45, 2.75) is 6.92 Å². The van der Waals surface area contributed by atoms with E-state index in [1.807, 2.05) is 19.1 Å². The first-order valence-electron chi connectivity index (χ1n) is 6.31. The Kier molecular flexibility index (Phi) is 3.38. The monoisotopic (exact) mass is 280 g/mol. The van der Waals surface area contributed by atoms with Crippen LogP contribution in [0.2, 0.25) is 0 Å². The minimum absolute atomic E-state index is 0.218. The van der Waals surface area contributed by atoms with Crippen molar-refractivity contribution < 1.29 is 4.79 Å². The van der Waals surface area contributed by atoms with E-state index in [-0.39, 0.29) is 11.6 Å². The van der Waals surface area contributed by atoms with Crippen molar-refractivity contribution >= 4 is 11.7 Å². The second kappa shape index (κ2) is 5.49. The van der Waals surface area contributed by atoms with Crippen LogP contribution < -0.4 is 5.32 Å². The van der Waals surface area contributed by atoms with Gasteiger partial charge in [-0.25, -0.2) is 9.67 Å². The van der Waals surface area contributed by atoms with E-state index in [9.17, 15) is 4.79 Å². The Morgan fingerprint density at radius 3 is 2.71 bits per heavy atom. The van der Waals surface area contributed by atoms with E-state index in [0.29, 0.717) is 11.6 Å². The Bertz CT molecular complexity index is 751. The molecule has 0 radical (unpaired) electrons. The summed E-state index contributed by atoms with van der Waals surface area (Å²) in [6.45, 7) is 1.87. The molecule has 0 fully saturated rings. The lowest BCUT2D eigenvalue weighted by Crippen LogP contribution is -2.16. The van der Waals surface area contributed by atoms with Crippen molar-refractivity contribution in [3.05, 3.63) is 60.2 Å². The van der Waals surface area contributed by atoms with Gasteiger partial charge in [-0.2, -0.15) is 5.10 Å². The molecule has 1 N–H and O–H groups in total. The number of hydrogen-bond donors (Lipinski definition) is 1. The summed E-state index contributed by atoms with van der Waals surface area (Å²) < 4.78 is 1.57. The zero-order valence-corrected chi connectivity index (χ0v) is 11.3. The second-order valence-electron chi connectivity index (χ2n) is 4.35. The number of rotatable bonds is 3. The molecule has 0 saturated heterocycles. The first-order chi connectivity index (χ1) is 10.2. The lowest BCUT2D eigenvalue weighted by atomic mass is 10.3. The van der Waals surface area contributed by atoms with Crippen LogP contribution in [0.3, 0.4) is 0 Å². The molecule has 7 heteroatoms. The highest BCUT2D eigenvalue weighted by Gasteiger charge is 2.11. The molecule has 7 nitrogen and oxygen atoms in total. The number of hydrogen-bond acceptors (Lipinski definition) is 5. The molecule has 0 bridgehead atoms. The molecule has 0 aliphatic rings. The topological polar surface area (TPSA) is 85.6 Å². The summed E-state index contributed by atoms with van der Waals surface area (Å²) in [6.07, 6.45) is 5.02. The van der Waals surface area contributed by atoms with E-state index in [1.54, 1.807) is 41.5 Å². The van der Waals surface area contributed by atoms with Crippen LogP contribution in [0.5, 0.6) is 0 Å². The van der Waals surface area contributed by atoms with Gasteiger partial charge < -0.3 is 5.32 Å². The Hall–Kier alpha value is -3.09. The SMILES string of the molecule is Cc1cccnc1NC(=O)c1ccc(-n2cccn2)nn1. The molecular formula is C14H12N6O. The van der Waals surface area contributed by atoms with Crippen LogP contribution >= 0.6 is 0 Å². The molecular weight excluding hydrogens is 268 g/mol. The van der Waals surface area contributed by atoms with Gasteiger partial charge in [-0.15, -0.1) is 10.2 Å². The average molecular weight is 280 g/mol. The zero-order chi connectivity index (χ0) is 14.7. The van der Waals surface area contributed by atoms with Gasteiger partial charge in [-0.3, -0.25) is 4.79 Å². The van der Waals surface area contributed by atoms with E-state index in [0.717, 1.165) is 5.56 Å². The third kappa shape index (κ3) is 2.76. The largest absolute Gasteiger partial charge is 0.305 e. The van der Waals surface area contributed by atoms with Crippen LogP contribution in [0.25, 0.3) is 5.82 Å². The molecule has 3 aromatic heterocycles. The predicted octanol–water partition coefficient (Wildman–Crippen LogP) is 1.62. The van der Waals surface area contributed by atoms with Gasteiger partial charge in [0.1, 0.15) is 5.82 Å². The van der Waals surface area contributed by atoms with Gasteiger partial charge in [0, 0.05) is 18.6 Å². The van der Waals surface area contributed by atoms with E-state index < -0.39 is 0 Å². The Labute approximate surface area is 120 Å². The summed E-state index contributed by atoms with van der Waals surface area (Å²) in [4.78, 5) is 16.2. The molecule has 21 heavy (non-hydrogen) atoms. The summed E-state index contributed by atoms with van der Waals surface area (Å²) in [5.74, 6) is 0.710. The Balaban J connectivity index is 1.78. The van der Waals surface area contributed by atoms with Crippen molar-refractivity contribution in [1.29, 1.82) is 0 Å². The number of amides is 1. The third-order valence-corrected chi connectivity index (χ3v) is 2.86. The fraction of sp³-hybridized carbons (Fsp3) is 0.0714. The maximum Gasteiger partial charge on any atom is 0.277 e. The van der Waals surface area contributed by atoms with Crippen LogP contribution in [0.1, 0.15) is 16.1 Å². The molecule has 3 heterocycles. The van der Waals surface area contributed by atoms with Gasteiger partial charge >= 0.3 is 0 Å². The van der Waals surface area contributed by atoms with Crippen LogP contribution in [0, 0.1) is 6.92 Å². The molecule has 0 aliphatic heterocycles. The average Bonchev–Trinajstić information content (AvgIpc) is 3.04.